The van der Waals surface area contributed by atoms with E-state index in [0.29, 0.717) is 44.7 Å². The lowest BCUT2D eigenvalue weighted by Gasteiger charge is -2.30. The van der Waals surface area contributed by atoms with Crippen LogP contribution in [0.3, 0.4) is 0 Å². The van der Waals surface area contributed by atoms with Gasteiger partial charge in [0.2, 0.25) is 0 Å². The van der Waals surface area contributed by atoms with E-state index in [2.05, 4.69) is 0 Å². The Morgan fingerprint density at radius 1 is 0.510 bits per heavy atom. The fourth-order valence-electron chi connectivity index (χ4n) is 5.70. The summed E-state index contributed by atoms with van der Waals surface area (Å²) in [6, 6.07) is 42.6. The third kappa shape index (κ3) is 7.27. The van der Waals surface area contributed by atoms with E-state index in [9.17, 15) is 10.2 Å². The van der Waals surface area contributed by atoms with Gasteiger partial charge < -0.3 is 33.7 Å². The van der Waals surface area contributed by atoms with Gasteiger partial charge in [-0.1, -0.05) is 78.9 Å². The molecule has 0 saturated heterocycles. The SMILES string of the molecule is O=P1(c2cc(OCC(O)COc3ccccc3)cc3ccc(OCC(O)COc4ccccc4)cc23)Oc2ccccc2-c2ccccc21. The maximum absolute atomic E-state index is 15.3. The fraction of sp³-hybridized carbons (Fsp3) is 0.150. The molecule has 0 aliphatic carbocycles. The van der Waals surface area contributed by atoms with Crippen LogP contribution in [0.5, 0.6) is 28.7 Å². The van der Waals surface area contributed by atoms with Crippen LogP contribution in [-0.2, 0) is 4.57 Å². The van der Waals surface area contributed by atoms with Crippen LogP contribution in [-0.4, -0.2) is 48.8 Å². The van der Waals surface area contributed by atoms with Crippen LogP contribution in [0.15, 0.2) is 140 Å². The van der Waals surface area contributed by atoms with Crippen LogP contribution in [0.25, 0.3) is 21.9 Å². The Bertz CT molecular complexity index is 2090. The first-order valence-electron chi connectivity index (χ1n) is 16.0. The summed E-state index contributed by atoms with van der Waals surface area (Å²) in [4.78, 5) is 0. The van der Waals surface area contributed by atoms with Crippen LogP contribution in [0, 0.1) is 0 Å². The molecule has 6 aromatic rings. The zero-order valence-electron chi connectivity index (χ0n) is 26.6. The molecule has 7 rings (SSSR count). The number of hydrogen-bond donors (Lipinski definition) is 2. The summed E-state index contributed by atoms with van der Waals surface area (Å²) in [5.41, 5.74) is 1.69. The molecule has 0 spiro atoms. The zero-order chi connectivity index (χ0) is 33.6. The Kier molecular flexibility index (Phi) is 9.53. The summed E-state index contributed by atoms with van der Waals surface area (Å²) in [6.07, 6.45) is -1.80. The minimum atomic E-state index is -3.76. The first-order valence-corrected chi connectivity index (χ1v) is 17.6. The van der Waals surface area contributed by atoms with Crippen molar-refractivity contribution in [3.63, 3.8) is 0 Å². The monoisotopic (exact) mass is 674 g/mol. The molecular formula is C40H35O8P. The Balaban J connectivity index is 1.19. The van der Waals surface area contributed by atoms with E-state index >= 15 is 4.57 Å². The van der Waals surface area contributed by atoms with E-state index in [1.165, 1.54) is 0 Å². The second-order valence-electron chi connectivity index (χ2n) is 11.7. The molecule has 1 aliphatic rings. The van der Waals surface area contributed by atoms with Gasteiger partial charge in [0.05, 0.1) is 10.6 Å². The normalized spacial score (nSPS) is 16.0. The van der Waals surface area contributed by atoms with Crippen molar-refractivity contribution < 1.29 is 38.2 Å². The van der Waals surface area contributed by atoms with Crippen molar-refractivity contribution in [3.05, 3.63) is 140 Å². The first-order chi connectivity index (χ1) is 24.0. The van der Waals surface area contributed by atoms with Gasteiger partial charge in [-0.15, -0.1) is 0 Å². The maximum Gasteiger partial charge on any atom is 0.308 e. The van der Waals surface area contributed by atoms with E-state index < -0.39 is 19.6 Å². The number of aliphatic hydroxyl groups is 2. The third-order valence-electron chi connectivity index (χ3n) is 8.08. The number of ether oxygens (including phenoxy) is 4. The van der Waals surface area contributed by atoms with Crippen LogP contribution in [0.1, 0.15) is 0 Å². The molecule has 0 radical (unpaired) electrons. The molecule has 0 bridgehead atoms. The molecule has 2 N–H and O–H groups in total. The molecule has 1 aliphatic heterocycles. The molecule has 0 amide bonds. The standard InChI is InChI=1S/C40H35O8P/c41-29(24-44-31-11-3-1-4-12-31)26-46-33-20-19-28-21-34(47-27-30(42)25-45-32-13-5-2-6-14-32)23-40(37(28)22-33)49(43)39-18-10-8-16-36(39)35-15-7-9-17-38(35)48-49/h1-23,29-30,41-42H,24-27H2. The predicted molar refractivity (Wildman–Crippen MR) is 190 cm³/mol. The molecule has 9 heteroatoms. The van der Waals surface area contributed by atoms with Crippen molar-refractivity contribution in [1.82, 2.24) is 0 Å². The molecule has 3 atom stereocenters. The number of rotatable bonds is 13. The van der Waals surface area contributed by atoms with Gasteiger partial charge in [-0.2, -0.15) is 0 Å². The second-order valence-corrected chi connectivity index (χ2v) is 13.9. The van der Waals surface area contributed by atoms with Gasteiger partial charge >= 0.3 is 7.37 Å². The van der Waals surface area contributed by atoms with E-state index in [0.717, 1.165) is 16.5 Å². The van der Waals surface area contributed by atoms with Crippen LogP contribution in [0.4, 0.5) is 0 Å². The van der Waals surface area contributed by atoms with E-state index in [1.54, 1.807) is 18.2 Å². The van der Waals surface area contributed by atoms with Crippen molar-refractivity contribution in [2.75, 3.05) is 26.4 Å². The molecule has 0 aromatic heterocycles. The molecule has 49 heavy (non-hydrogen) atoms. The number of benzene rings is 6. The largest absolute Gasteiger partial charge is 0.491 e. The molecule has 0 fully saturated rings. The van der Waals surface area contributed by atoms with Crippen molar-refractivity contribution >= 4 is 28.8 Å². The quantitative estimate of drug-likeness (QED) is 0.130. The number of fused-ring (bicyclic) bond motifs is 4. The van der Waals surface area contributed by atoms with Crippen LogP contribution >= 0.6 is 7.37 Å². The van der Waals surface area contributed by atoms with E-state index in [4.69, 9.17) is 23.5 Å². The minimum Gasteiger partial charge on any atom is -0.491 e. The van der Waals surface area contributed by atoms with Crippen molar-refractivity contribution in [3.8, 4) is 39.9 Å². The molecule has 1 heterocycles. The second kappa shape index (κ2) is 14.5. The van der Waals surface area contributed by atoms with Crippen LogP contribution < -0.4 is 34.1 Å². The minimum absolute atomic E-state index is 0.0117. The highest BCUT2D eigenvalue weighted by Crippen LogP contribution is 2.55. The summed E-state index contributed by atoms with van der Waals surface area (Å²) >= 11 is 0. The highest BCUT2D eigenvalue weighted by molar-refractivity contribution is 7.75. The van der Waals surface area contributed by atoms with Gasteiger partial charge in [0, 0.05) is 5.56 Å². The lowest BCUT2D eigenvalue weighted by Crippen LogP contribution is -2.27. The van der Waals surface area contributed by atoms with Gasteiger partial charge in [0.25, 0.3) is 0 Å². The zero-order valence-corrected chi connectivity index (χ0v) is 27.4. The Labute approximate surface area is 284 Å². The van der Waals surface area contributed by atoms with E-state index in [-0.39, 0.29) is 26.4 Å². The number of para-hydroxylation sites is 3. The van der Waals surface area contributed by atoms with Crippen molar-refractivity contribution in [2.24, 2.45) is 0 Å². The summed E-state index contributed by atoms with van der Waals surface area (Å²) in [5, 5.41) is 23.6. The number of aliphatic hydroxyl groups excluding tert-OH is 2. The molecule has 0 saturated carbocycles. The van der Waals surface area contributed by atoms with Crippen LogP contribution in [0.2, 0.25) is 0 Å². The van der Waals surface area contributed by atoms with E-state index in [1.807, 2.05) is 121 Å². The lowest BCUT2D eigenvalue weighted by atomic mass is 10.0. The summed E-state index contributed by atoms with van der Waals surface area (Å²) in [5.74, 6) is 2.72. The summed E-state index contributed by atoms with van der Waals surface area (Å²) < 4.78 is 45.2. The molecule has 3 unspecified atom stereocenters. The smallest absolute Gasteiger partial charge is 0.308 e. The molecular weight excluding hydrogens is 639 g/mol. The van der Waals surface area contributed by atoms with Gasteiger partial charge in [-0.25, -0.2) is 0 Å². The maximum atomic E-state index is 15.3. The lowest BCUT2D eigenvalue weighted by molar-refractivity contribution is 0.0626. The molecule has 6 aromatic carbocycles. The summed E-state index contributed by atoms with van der Waals surface area (Å²) in [6.45, 7) is 0.0405. The predicted octanol–water partition coefficient (Wildman–Crippen LogP) is 6.77. The fourth-order valence-corrected chi connectivity index (χ4v) is 8.19. The van der Waals surface area contributed by atoms with Gasteiger partial charge in [-0.3, -0.25) is 4.57 Å². The Hall–Kier alpha value is -5.27. The highest BCUT2D eigenvalue weighted by Gasteiger charge is 2.39. The Morgan fingerprint density at radius 2 is 1.04 bits per heavy atom. The Morgan fingerprint density at radius 3 is 1.69 bits per heavy atom. The van der Waals surface area contributed by atoms with Gasteiger partial charge in [-0.05, 0) is 77.0 Å². The van der Waals surface area contributed by atoms with Gasteiger partial charge in [0.15, 0.2) is 0 Å². The highest BCUT2D eigenvalue weighted by atomic mass is 31.2. The topological polar surface area (TPSA) is 104 Å². The molecule has 8 nitrogen and oxygen atoms in total. The molecule has 248 valence electrons. The van der Waals surface area contributed by atoms with Gasteiger partial charge in [0.1, 0.15) is 67.4 Å². The average molecular weight is 675 g/mol. The summed E-state index contributed by atoms with van der Waals surface area (Å²) in [7, 11) is -3.76. The first kappa shape index (κ1) is 32.3. The number of hydrogen-bond acceptors (Lipinski definition) is 8. The third-order valence-corrected chi connectivity index (χ3v) is 10.6. The average Bonchev–Trinajstić information content (AvgIpc) is 3.15. The van der Waals surface area contributed by atoms with Crippen molar-refractivity contribution in [1.29, 1.82) is 0 Å². The van der Waals surface area contributed by atoms with Crippen molar-refractivity contribution in [2.45, 2.75) is 12.2 Å².